The summed E-state index contributed by atoms with van der Waals surface area (Å²) >= 11 is 3.35. The molecule has 0 N–H and O–H groups in total. The molecule has 0 aliphatic carbocycles. The molecule has 4 nitrogen and oxygen atoms in total. The molecule has 56 heavy (non-hydrogen) atoms. The molecule has 11 rings (SSSR count). The Labute approximate surface area is 334 Å². The largest absolute Gasteiger partial charge is 0.311 e. The maximum absolute atomic E-state index is 14.0. The highest BCUT2D eigenvalue weighted by Crippen LogP contribution is 2.44. The van der Waals surface area contributed by atoms with E-state index < -0.39 is 16.1 Å². The molecule has 0 unspecified atom stereocenters. The molecule has 270 valence electrons. The molecule has 9 aromatic rings. The Balaban J connectivity index is 1.18. The lowest BCUT2D eigenvalue weighted by Gasteiger charge is -2.46. The summed E-state index contributed by atoms with van der Waals surface area (Å²) in [6, 6.07) is 51.4. The van der Waals surface area contributed by atoms with Crippen molar-refractivity contribution in [3.05, 3.63) is 166 Å². The summed E-state index contributed by atoms with van der Waals surface area (Å²) in [4.78, 5) is 32.9. The van der Waals surface area contributed by atoms with Gasteiger partial charge >= 0.3 is 0 Å². The predicted molar refractivity (Wildman–Crippen MR) is 248 cm³/mol. The summed E-state index contributed by atoms with van der Waals surface area (Å²) in [7, 11) is -4.56. The molecule has 4 heterocycles. The van der Waals surface area contributed by atoms with Crippen LogP contribution >= 0.6 is 22.7 Å². The Hall–Kier alpha value is -5.65. The zero-order chi connectivity index (χ0) is 38.1. The lowest BCUT2D eigenvalue weighted by molar-refractivity contribution is 1.26. The van der Waals surface area contributed by atoms with Gasteiger partial charge in [-0.2, -0.15) is 0 Å². The van der Waals surface area contributed by atoms with Gasteiger partial charge in [-0.3, -0.25) is 9.59 Å². The minimum Gasteiger partial charge on any atom is -0.311 e. The monoisotopic (exact) mass is 792 g/mol. The molecule has 0 bridgehead atoms. The van der Waals surface area contributed by atoms with Crippen molar-refractivity contribution in [1.29, 1.82) is 0 Å². The maximum Gasteiger partial charge on any atom is 0.195 e. The van der Waals surface area contributed by atoms with Crippen molar-refractivity contribution < 1.29 is 0 Å². The van der Waals surface area contributed by atoms with Crippen molar-refractivity contribution in [2.45, 2.75) is 26.2 Å². The van der Waals surface area contributed by atoms with Crippen LogP contribution in [0.3, 0.4) is 0 Å². The topological polar surface area (TPSA) is 40.6 Å². The Bertz CT molecular complexity index is 3080. The Morgan fingerprint density at radius 3 is 1.20 bits per heavy atom. The molecule has 8 heteroatoms. The first-order valence-electron chi connectivity index (χ1n) is 19.0. The fraction of sp³-hybridized carbons (Fsp3) is 0.0833. The van der Waals surface area contributed by atoms with Crippen LogP contribution < -0.4 is 41.4 Å². The highest BCUT2D eigenvalue weighted by atomic mass is 32.1. The van der Waals surface area contributed by atoms with Crippen LogP contribution in [0.25, 0.3) is 40.3 Å². The molecular weight excluding hydrogens is 757 g/mol. The van der Waals surface area contributed by atoms with E-state index in [2.05, 4.69) is 133 Å². The fourth-order valence-corrected chi connectivity index (χ4v) is 17.3. The molecule has 0 amide bonds. The van der Waals surface area contributed by atoms with E-state index in [1.54, 1.807) is 22.7 Å². The van der Waals surface area contributed by atoms with E-state index in [1.165, 1.54) is 43.5 Å². The summed E-state index contributed by atoms with van der Waals surface area (Å²) in [5, 5.41) is 8.48. The average Bonchev–Trinajstić information content (AvgIpc) is 3.21. The van der Waals surface area contributed by atoms with E-state index in [9.17, 15) is 9.59 Å². The van der Waals surface area contributed by atoms with Gasteiger partial charge in [-0.15, -0.1) is 22.7 Å². The highest BCUT2D eigenvalue weighted by molar-refractivity contribution is 7.25. The van der Waals surface area contributed by atoms with Crippen molar-refractivity contribution in [2.24, 2.45) is 0 Å². The van der Waals surface area contributed by atoms with Gasteiger partial charge in [-0.1, -0.05) is 86.9 Å². The molecule has 0 saturated carbocycles. The van der Waals surface area contributed by atoms with Crippen LogP contribution in [0.2, 0.25) is 26.2 Å². The van der Waals surface area contributed by atoms with E-state index in [0.717, 1.165) is 51.7 Å². The van der Waals surface area contributed by atoms with Crippen molar-refractivity contribution >= 4 is 134 Å². The first kappa shape index (κ1) is 33.7. The Morgan fingerprint density at radius 2 is 0.750 bits per heavy atom. The normalized spacial score (nSPS) is 15.1. The molecule has 0 saturated heterocycles. The lowest BCUT2D eigenvalue weighted by Crippen LogP contribution is -2.62. The van der Waals surface area contributed by atoms with Crippen LogP contribution in [0.15, 0.2) is 155 Å². The third-order valence-corrected chi connectivity index (χ3v) is 21.6. The number of fused-ring (bicyclic) bond motifs is 8. The number of benzene rings is 7. The molecular formula is C48H36N2O2S2Si2. The third-order valence-electron chi connectivity index (χ3n) is 12.2. The van der Waals surface area contributed by atoms with E-state index >= 15 is 0 Å². The summed E-state index contributed by atoms with van der Waals surface area (Å²) < 4.78 is 4.01. The zero-order valence-corrected chi connectivity index (χ0v) is 35.0. The summed E-state index contributed by atoms with van der Waals surface area (Å²) in [5.41, 5.74) is 6.91. The summed E-state index contributed by atoms with van der Waals surface area (Å²) in [6.45, 7) is 9.87. The lowest BCUT2D eigenvalue weighted by atomic mass is 10.1. The van der Waals surface area contributed by atoms with Gasteiger partial charge in [0.2, 0.25) is 0 Å². The van der Waals surface area contributed by atoms with Crippen LogP contribution in [-0.4, -0.2) is 16.1 Å². The van der Waals surface area contributed by atoms with Crippen LogP contribution in [0.4, 0.5) is 34.1 Å². The van der Waals surface area contributed by atoms with Crippen molar-refractivity contribution in [3.8, 4) is 0 Å². The number of rotatable bonds is 2. The Morgan fingerprint density at radius 1 is 0.375 bits per heavy atom. The van der Waals surface area contributed by atoms with Gasteiger partial charge in [0, 0.05) is 74.5 Å². The van der Waals surface area contributed by atoms with Crippen LogP contribution in [-0.2, 0) is 0 Å². The molecule has 2 aromatic heterocycles. The van der Waals surface area contributed by atoms with Crippen LogP contribution in [0.5, 0.6) is 0 Å². The van der Waals surface area contributed by atoms with Crippen molar-refractivity contribution in [3.63, 3.8) is 0 Å². The summed E-state index contributed by atoms with van der Waals surface area (Å²) in [5.74, 6) is 0. The van der Waals surface area contributed by atoms with E-state index in [0.29, 0.717) is 0 Å². The van der Waals surface area contributed by atoms with E-state index in [-0.39, 0.29) is 10.9 Å². The number of nitrogens with zero attached hydrogens (tertiary/aromatic N) is 2. The zero-order valence-electron chi connectivity index (χ0n) is 31.4. The molecule has 2 aliphatic rings. The second-order valence-electron chi connectivity index (χ2n) is 16.1. The highest BCUT2D eigenvalue weighted by Gasteiger charge is 2.44. The number of hydrogen-bond donors (Lipinski definition) is 0. The van der Waals surface area contributed by atoms with Crippen molar-refractivity contribution in [1.82, 2.24) is 0 Å². The van der Waals surface area contributed by atoms with Gasteiger partial charge in [0.15, 0.2) is 10.9 Å². The quantitative estimate of drug-likeness (QED) is 0.129. The smallest absolute Gasteiger partial charge is 0.195 e. The predicted octanol–water partition coefficient (Wildman–Crippen LogP) is 10.4. The second-order valence-corrected chi connectivity index (χ2v) is 26.9. The maximum atomic E-state index is 14.0. The minimum absolute atomic E-state index is 0.0769. The first-order valence-corrected chi connectivity index (χ1v) is 26.6. The summed E-state index contributed by atoms with van der Waals surface area (Å²) in [6.07, 6.45) is 0. The van der Waals surface area contributed by atoms with E-state index in [1.807, 2.05) is 48.5 Å². The molecule has 7 aromatic carbocycles. The van der Waals surface area contributed by atoms with Gasteiger partial charge in [0.05, 0.1) is 0 Å². The SMILES string of the molecule is C[Si]1(C)c2ccccc2N(c2ccc3sc4ccccc4c(=O)c3c2)c2cc3c(cc21)N(c1ccc2sc4ccccc4c(=O)c2c1)c1ccccc1[Si]3(C)C. The molecule has 0 atom stereocenters. The first-order chi connectivity index (χ1) is 27.1. The van der Waals surface area contributed by atoms with Gasteiger partial charge < -0.3 is 9.80 Å². The van der Waals surface area contributed by atoms with Gasteiger partial charge in [0.25, 0.3) is 0 Å². The van der Waals surface area contributed by atoms with Crippen LogP contribution in [0, 0.1) is 0 Å². The minimum atomic E-state index is -2.28. The molecule has 0 fully saturated rings. The van der Waals surface area contributed by atoms with Crippen LogP contribution in [0.1, 0.15) is 0 Å². The fourth-order valence-electron chi connectivity index (χ4n) is 9.31. The van der Waals surface area contributed by atoms with E-state index in [4.69, 9.17) is 0 Å². The van der Waals surface area contributed by atoms with Gasteiger partial charge in [-0.05, 0) is 106 Å². The number of para-hydroxylation sites is 2. The Kier molecular flexibility index (Phi) is 7.17. The van der Waals surface area contributed by atoms with Crippen molar-refractivity contribution in [2.75, 3.05) is 9.80 Å². The van der Waals surface area contributed by atoms with Gasteiger partial charge in [0.1, 0.15) is 16.1 Å². The molecule has 0 radical (unpaired) electrons. The number of hydrogen-bond acceptors (Lipinski definition) is 6. The second kappa shape index (κ2) is 11.9. The average molecular weight is 793 g/mol. The van der Waals surface area contributed by atoms with Gasteiger partial charge in [-0.25, -0.2) is 0 Å². The molecule has 0 spiro atoms. The third kappa shape index (κ3) is 4.67. The molecule has 2 aliphatic heterocycles. The number of anilines is 6. The standard InChI is InChI=1S/C48H36N2O2S2Si2/c1-55(2)43-19-11-7-15-35(43)49(29-21-23-41-33(25-29)47(51)31-13-5-9-17-39(31)53-41)37-28-46-38(27-45(37)55)50(36-16-8-12-20-44(36)56(46,3)4)30-22-24-42-34(26-30)48(52)32-14-6-10-18-40(32)54-42/h5-28H,1-4H3.